The fourth-order valence-corrected chi connectivity index (χ4v) is 5.90. The van der Waals surface area contributed by atoms with E-state index in [9.17, 15) is 13.2 Å². The number of rotatable bonds is 8. The number of methoxy groups -OCH3 is 2. The van der Waals surface area contributed by atoms with Crippen LogP contribution in [-0.2, 0) is 14.8 Å². The number of carbonyl (C=O) groups excluding carboxylic acids is 1. The van der Waals surface area contributed by atoms with Gasteiger partial charge < -0.3 is 19.5 Å². The van der Waals surface area contributed by atoms with Gasteiger partial charge in [0, 0.05) is 12.0 Å². The van der Waals surface area contributed by atoms with Crippen LogP contribution >= 0.6 is 0 Å². The summed E-state index contributed by atoms with van der Waals surface area (Å²) in [4.78, 5) is 13.5. The first-order chi connectivity index (χ1) is 17.5. The molecule has 0 aromatic heterocycles. The van der Waals surface area contributed by atoms with Crippen molar-refractivity contribution in [2.45, 2.75) is 43.7 Å². The summed E-state index contributed by atoms with van der Waals surface area (Å²) in [5.74, 6) is 1.13. The van der Waals surface area contributed by atoms with Gasteiger partial charge in [0.25, 0.3) is 10.0 Å². The van der Waals surface area contributed by atoms with E-state index in [4.69, 9.17) is 14.2 Å². The molecule has 0 spiro atoms. The second-order valence-corrected chi connectivity index (χ2v) is 11.4. The van der Waals surface area contributed by atoms with Gasteiger partial charge in [-0.05, 0) is 68.8 Å². The second kappa shape index (κ2) is 10.3. The number of benzene rings is 3. The van der Waals surface area contributed by atoms with Crippen LogP contribution in [0.25, 0.3) is 0 Å². The van der Waals surface area contributed by atoms with Crippen molar-refractivity contribution in [2.24, 2.45) is 0 Å². The van der Waals surface area contributed by atoms with Crippen LogP contribution in [0.4, 0.5) is 5.69 Å². The minimum atomic E-state index is -4.12. The average Bonchev–Trinajstić information content (AvgIpc) is 2.86. The summed E-state index contributed by atoms with van der Waals surface area (Å²) < 4.78 is 45.4. The minimum absolute atomic E-state index is 0.0278. The molecule has 0 bridgehead atoms. The SMILES string of the molecule is COc1ccc(S(=O)(=O)N(CC(=O)NC2CC(C)(C)Oc3cc(C)ccc32)c2ccccc2OC)cc1. The molecule has 0 radical (unpaired) electrons. The molecule has 1 aliphatic rings. The molecule has 37 heavy (non-hydrogen) atoms. The zero-order valence-corrected chi connectivity index (χ0v) is 22.5. The third kappa shape index (κ3) is 5.67. The molecule has 1 N–H and O–H groups in total. The molecule has 3 aromatic rings. The number of amides is 1. The molecule has 1 unspecified atom stereocenters. The summed E-state index contributed by atoms with van der Waals surface area (Å²) in [5, 5.41) is 3.04. The van der Waals surface area contributed by atoms with Crippen LogP contribution in [0.1, 0.15) is 37.4 Å². The Morgan fingerprint density at radius 1 is 1.05 bits per heavy atom. The summed E-state index contributed by atoms with van der Waals surface area (Å²) in [5.41, 5.74) is 1.67. The van der Waals surface area contributed by atoms with E-state index in [0.29, 0.717) is 23.7 Å². The number of nitrogens with zero attached hydrogens (tertiary/aromatic N) is 1. The van der Waals surface area contributed by atoms with Crippen molar-refractivity contribution in [1.29, 1.82) is 0 Å². The lowest BCUT2D eigenvalue weighted by Crippen LogP contribution is -2.45. The molecule has 1 heterocycles. The summed E-state index contributed by atoms with van der Waals surface area (Å²) >= 11 is 0. The van der Waals surface area contributed by atoms with E-state index in [1.807, 2.05) is 39.0 Å². The Kier molecular flexibility index (Phi) is 7.36. The van der Waals surface area contributed by atoms with Crippen LogP contribution in [0, 0.1) is 6.92 Å². The van der Waals surface area contributed by atoms with Gasteiger partial charge in [-0.2, -0.15) is 0 Å². The third-order valence-electron chi connectivity index (χ3n) is 6.25. The molecule has 3 aromatic carbocycles. The van der Waals surface area contributed by atoms with Crippen LogP contribution in [0.3, 0.4) is 0 Å². The maximum atomic E-state index is 13.8. The van der Waals surface area contributed by atoms with E-state index in [-0.39, 0.29) is 16.6 Å². The standard InChI is InChI=1S/C28H32N2O6S/c1-19-10-15-22-23(17-28(2,3)36-26(22)16-19)29-27(31)18-30(24-8-6-7-9-25(24)35-5)37(32,33)21-13-11-20(34-4)12-14-21/h6-16,23H,17-18H2,1-5H3,(H,29,31). The highest BCUT2D eigenvalue weighted by molar-refractivity contribution is 7.92. The van der Waals surface area contributed by atoms with Crippen LogP contribution in [0.2, 0.25) is 0 Å². The van der Waals surface area contributed by atoms with Crippen molar-refractivity contribution in [3.05, 3.63) is 77.9 Å². The summed E-state index contributed by atoms with van der Waals surface area (Å²) in [6, 6.07) is 18.3. The predicted molar refractivity (Wildman–Crippen MR) is 142 cm³/mol. The number of anilines is 1. The van der Waals surface area contributed by atoms with Gasteiger partial charge >= 0.3 is 0 Å². The maximum Gasteiger partial charge on any atom is 0.264 e. The second-order valence-electron chi connectivity index (χ2n) is 9.59. The maximum absolute atomic E-state index is 13.8. The van der Waals surface area contributed by atoms with E-state index in [1.165, 1.54) is 26.4 Å². The van der Waals surface area contributed by atoms with Gasteiger partial charge in [0.15, 0.2) is 0 Å². The summed E-state index contributed by atoms with van der Waals surface area (Å²) in [7, 11) is -1.16. The van der Waals surface area contributed by atoms with E-state index in [1.54, 1.807) is 36.4 Å². The first-order valence-corrected chi connectivity index (χ1v) is 13.4. The Bertz CT molecular complexity index is 1390. The molecular formula is C28H32N2O6S. The van der Waals surface area contributed by atoms with Gasteiger partial charge in [0.1, 0.15) is 29.4 Å². The smallest absolute Gasteiger partial charge is 0.264 e. The van der Waals surface area contributed by atoms with Crippen LogP contribution in [0.15, 0.2) is 71.6 Å². The van der Waals surface area contributed by atoms with Crippen LogP contribution in [0.5, 0.6) is 17.2 Å². The first-order valence-electron chi connectivity index (χ1n) is 11.9. The lowest BCUT2D eigenvalue weighted by Gasteiger charge is -2.38. The van der Waals surface area contributed by atoms with Crippen molar-refractivity contribution < 1.29 is 27.4 Å². The molecule has 9 heteroatoms. The lowest BCUT2D eigenvalue weighted by molar-refractivity contribution is -0.120. The Labute approximate surface area is 218 Å². The molecule has 196 valence electrons. The largest absolute Gasteiger partial charge is 0.497 e. The van der Waals surface area contributed by atoms with Gasteiger partial charge in [-0.1, -0.05) is 24.3 Å². The fraction of sp³-hybridized carbons (Fsp3) is 0.321. The van der Waals surface area contributed by atoms with Gasteiger partial charge in [-0.25, -0.2) is 8.42 Å². The van der Waals surface area contributed by atoms with Crippen molar-refractivity contribution >= 4 is 21.6 Å². The highest BCUT2D eigenvalue weighted by Gasteiger charge is 2.36. The Morgan fingerprint density at radius 3 is 2.43 bits per heavy atom. The minimum Gasteiger partial charge on any atom is -0.497 e. The van der Waals surface area contributed by atoms with Gasteiger partial charge in [-0.3, -0.25) is 9.10 Å². The fourth-order valence-electron chi connectivity index (χ4n) is 4.47. The molecule has 0 fully saturated rings. The molecule has 0 saturated heterocycles. The number of aryl methyl sites for hydroxylation is 1. The summed E-state index contributed by atoms with van der Waals surface area (Å²) in [6.45, 7) is 5.47. The topological polar surface area (TPSA) is 94.2 Å². The predicted octanol–water partition coefficient (Wildman–Crippen LogP) is 4.63. The third-order valence-corrected chi connectivity index (χ3v) is 8.02. The number of carbonyl (C=O) groups is 1. The number of para-hydroxylation sites is 2. The van der Waals surface area contributed by atoms with Crippen LogP contribution < -0.4 is 23.8 Å². The van der Waals surface area contributed by atoms with Crippen molar-refractivity contribution in [3.63, 3.8) is 0 Å². The first kappa shape index (κ1) is 26.3. The van der Waals surface area contributed by atoms with Crippen LogP contribution in [-0.4, -0.2) is 40.7 Å². The average molecular weight is 525 g/mol. The Balaban J connectivity index is 1.68. The molecule has 1 amide bonds. The Morgan fingerprint density at radius 2 is 1.76 bits per heavy atom. The van der Waals surface area contributed by atoms with Crippen molar-refractivity contribution in [3.8, 4) is 17.2 Å². The van der Waals surface area contributed by atoms with Gasteiger partial charge in [-0.15, -0.1) is 0 Å². The molecular weight excluding hydrogens is 492 g/mol. The highest BCUT2D eigenvalue weighted by atomic mass is 32.2. The normalized spacial score (nSPS) is 16.2. The monoisotopic (exact) mass is 524 g/mol. The molecule has 0 saturated carbocycles. The molecule has 8 nitrogen and oxygen atoms in total. The van der Waals surface area contributed by atoms with E-state index in [0.717, 1.165) is 15.4 Å². The number of nitrogens with one attached hydrogen (secondary N) is 1. The Hall–Kier alpha value is -3.72. The van der Waals surface area contributed by atoms with Gasteiger partial charge in [0.2, 0.25) is 5.91 Å². The number of ether oxygens (including phenoxy) is 3. The van der Waals surface area contributed by atoms with Crippen molar-refractivity contribution in [2.75, 3.05) is 25.1 Å². The van der Waals surface area contributed by atoms with E-state index < -0.39 is 28.1 Å². The quantitative estimate of drug-likeness (QED) is 0.462. The van der Waals surface area contributed by atoms with E-state index >= 15 is 0 Å². The molecule has 1 atom stereocenters. The highest BCUT2D eigenvalue weighted by Crippen LogP contribution is 2.40. The molecule has 1 aliphatic heterocycles. The molecule has 0 aliphatic carbocycles. The number of hydrogen-bond acceptors (Lipinski definition) is 6. The molecule has 4 rings (SSSR count). The number of hydrogen-bond donors (Lipinski definition) is 1. The number of fused-ring (bicyclic) bond motifs is 1. The lowest BCUT2D eigenvalue weighted by atomic mass is 9.89. The number of sulfonamides is 1. The van der Waals surface area contributed by atoms with Gasteiger partial charge in [0.05, 0.1) is 30.8 Å². The summed E-state index contributed by atoms with van der Waals surface area (Å²) in [6.07, 6.45) is 0.536. The van der Waals surface area contributed by atoms with Crippen molar-refractivity contribution in [1.82, 2.24) is 5.32 Å². The van der Waals surface area contributed by atoms with E-state index in [2.05, 4.69) is 5.32 Å². The zero-order chi connectivity index (χ0) is 26.8. The zero-order valence-electron chi connectivity index (χ0n) is 21.6.